The summed E-state index contributed by atoms with van der Waals surface area (Å²) in [6.07, 6.45) is 0. The monoisotopic (exact) mass is 393 g/mol. The van der Waals surface area contributed by atoms with Gasteiger partial charge in [0.05, 0.1) is 13.2 Å². The van der Waals surface area contributed by atoms with E-state index in [1.807, 2.05) is 41.3 Å². The van der Waals surface area contributed by atoms with Crippen molar-refractivity contribution in [1.82, 2.24) is 4.90 Å². The Balaban J connectivity index is 5.02. The highest BCUT2D eigenvalue weighted by molar-refractivity contribution is 14.1. The van der Waals surface area contributed by atoms with E-state index in [0.29, 0.717) is 10.1 Å². The van der Waals surface area contributed by atoms with Gasteiger partial charge in [-0.05, 0) is 49.5 Å². The summed E-state index contributed by atoms with van der Waals surface area (Å²) in [5, 5.41) is 0. The van der Waals surface area contributed by atoms with Crippen molar-refractivity contribution in [2.75, 3.05) is 32.8 Å². The van der Waals surface area contributed by atoms with Crippen LogP contribution in [0.3, 0.4) is 0 Å². The van der Waals surface area contributed by atoms with E-state index < -0.39 is 13.2 Å². The van der Waals surface area contributed by atoms with Crippen LogP contribution in [0.2, 0.25) is 0 Å². The molecule has 0 aromatic carbocycles. The zero-order valence-electron chi connectivity index (χ0n) is 11.4. The van der Waals surface area contributed by atoms with E-state index in [9.17, 15) is 8.96 Å². The Morgan fingerprint density at radius 3 is 1.94 bits per heavy atom. The fourth-order valence-corrected chi connectivity index (χ4v) is 4.07. The van der Waals surface area contributed by atoms with Crippen LogP contribution in [-0.2, 0) is 13.6 Å². The molecule has 0 aliphatic rings. The lowest BCUT2D eigenvalue weighted by molar-refractivity contribution is 0.219. The summed E-state index contributed by atoms with van der Waals surface area (Å²) in [6.45, 7) is 9.66. The standard InChI is InChI=1S/C11H22FINO3P/c1-5-14(6-2)9-10(13)11(12)18(15,16-7-3)17-8-4/h5-9H2,1-4H3/b11-10+. The normalized spacial score (nSPS) is 13.9. The van der Waals surface area contributed by atoms with E-state index in [0.717, 1.165) is 13.1 Å². The quantitative estimate of drug-likeness (QED) is 0.436. The molecule has 0 amide bonds. The van der Waals surface area contributed by atoms with Gasteiger partial charge in [0.2, 0.25) is 5.57 Å². The molecule has 0 spiro atoms. The van der Waals surface area contributed by atoms with Crippen LogP contribution in [0.4, 0.5) is 4.39 Å². The predicted octanol–water partition coefficient (Wildman–Crippen LogP) is 4.17. The molecule has 18 heavy (non-hydrogen) atoms. The number of halogens is 2. The maximum Gasteiger partial charge on any atom is 0.390 e. The molecule has 0 heterocycles. The van der Waals surface area contributed by atoms with Gasteiger partial charge < -0.3 is 9.05 Å². The van der Waals surface area contributed by atoms with Crippen LogP contribution >= 0.6 is 30.2 Å². The van der Waals surface area contributed by atoms with Crippen molar-refractivity contribution < 1.29 is 18.0 Å². The van der Waals surface area contributed by atoms with Crippen LogP contribution in [0.25, 0.3) is 0 Å². The molecule has 0 radical (unpaired) electrons. The lowest BCUT2D eigenvalue weighted by Crippen LogP contribution is -2.24. The van der Waals surface area contributed by atoms with Gasteiger partial charge in [0.25, 0.3) is 0 Å². The number of rotatable bonds is 9. The SMILES string of the molecule is CCOP(=O)(OCC)/C(F)=C(/I)CN(CC)CC. The third-order valence-electron chi connectivity index (χ3n) is 2.32. The van der Waals surface area contributed by atoms with E-state index in [1.54, 1.807) is 13.8 Å². The minimum Gasteiger partial charge on any atom is -0.304 e. The number of hydrogen-bond donors (Lipinski definition) is 0. The fraction of sp³-hybridized carbons (Fsp3) is 0.818. The molecule has 0 fully saturated rings. The minimum atomic E-state index is -3.76. The second-order valence-corrected chi connectivity index (χ2v) is 6.70. The summed E-state index contributed by atoms with van der Waals surface area (Å²) < 4.78 is 36.7. The zero-order chi connectivity index (χ0) is 14.2. The molecule has 7 heteroatoms. The van der Waals surface area contributed by atoms with Gasteiger partial charge in [-0.25, -0.2) is 0 Å². The van der Waals surface area contributed by atoms with E-state index >= 15 is 0 Å². The van der Waals surface area contributed by atoms with Gasteiger partial charge in [0, 0.05) is 10.1 Å². The first kappa shape index (κ1) is 18.5. The van der Waals surface area contributed by atoms with Gasteiger partial charge in [-0.2, -0.15) is 4.39 Å². The highest BCUT2D eigenvalue weighted by atomic mass is 127. The van der Waals surface area contributed by atoms with Gasteiger partial charge in [0.15, 0.2) is 0 Å². The van der Waals surface area contributed by atoms with E-state index in [4.69, 9.17) is 9.05 Å². The van der Waals surface area contributed by atoms with Crippen LogP contribution in [0, 0.1) is 0 Å². The largest absolute Gasteiger partial charge is 0.390 e. The molecular formula is C11H22FINO3P. The molecule has 0 atom stereocenters. The van der Waals surface area contributed by atoms with Gasteiger partial charge >= 0.3 is 7.60 Å². The Kier molecular flexibility index (Phi) is 9.69. The lowest BCUT2D eigenvalue weighted by atomic mass is 10.5. The van der Waals surface area contributed by atoms with E-state index in [1.165, 1.54) is 0 Å². The molecule has 4 nitrogen and oxygen atoms in total. The number of likely N-dealkylation sites (N-methyl/N-ethyl adjacent to an activating group) is 1. The van der Waals surface area contributed by atoms with Crippen molar-refractivity contribution in [2.45, 2.75) is 27.7 Å². The van der Waals surface area contributed by atoms with Crippen molar-refractivity contribution in [3.63, 3.8) is 0 Å². The third kappa shape index (κ3) is 5.65. The van der Waals surface area contributed by atoms with Crippen LogP contribution in [0.5, 0.6) is 0 Å². The molecule has 108 valence electrons. The molecule has 0 saturated carbocycles. The first-order valence-corrected chi connectivity index (χ1v) is 8.73. The molecule has 0 N–H and O–H groups in total. The van der Waals surface area contributed by atoms with Crippen LogP contribution < -0.4 is 0 Å². The average Bonchev–Trinajstić information content (AvgIpc) is 2.35. The molecule has 0 saturated heterocycles. The second kappa shape index (κ2) is 9.42. The van der Waals surface area contributed by atoms with Crippen molar-refractivity contribution in [2.24, 2.45) is 0 Å². The molecule has 0 aliphatic heterocycles. The van der Waals surface area contributed by atoms with Gasteiger partial charge in [0.1, 0.15) is 0 Å². The van der Waals surface area contributed by atoms with Crippen molar-refractivity contribution in [3.8, 4) is 0 Å². The highest BCUT2D eigenvalue weighted by Gasteiger charge is 2.33. The number of hydrogen-bond acceptors (Lipinski definition) is 4. The summed E-state index contributed by atoms with van der Waals surface area (Å²) in [6, 6.07) is 0. The first-order valence-electron chi connectivity index (χ1n) is 6.11. The van der Waals surface area contributed by atoms with Crippen LogP contribution in [0.15, 0.2) is 9.15 Å². The summed E-state index contributed by atoms with van der Waals surface area (Å²) >= 11 is 1.86. The molecule has 0 unspecified atom stereocenters. The average molecular weight is 393 g/mol. The van der Waals surface area contributed by atoms with Gasteiger partial charge in [-0.1, -0.05) is 13.8 Å². The lowest BCUT2D eigenvalue weighted by Gasteiger charge is -2.20. The topological polar surface area (TPSA) is 38.8 Å². The molecule has 0 aromatic heterocycles. The summed E-state index contributed by atoms with van der Waals surface area (Å²) in [5.41, 5.74) is -0.765. The van der Waals surface area contributed by atoms with E-state index in [-0.39, 0.29) is 13.2 Å². The molecule has 0 rings (SSSR count). The predicted molar refractivity (Wildman–Crippen MR) is 80.8 cm³/mol. The highest BCUT2D eigenvalue weighted by Crippen LogP contribution is 2.58. The first-order chi connectivity index (χ1) is 8.45. The molecule has 0 bridgehead atoms. The van der Waals surface area contributed by atoms with Crippen molar-refractivity contribution in [1.29, 1.82) is 0 Å². The van der Waals surface area contributed by atoms with E-state index in [2.05, 4.69) is 0 Å². The Labute approximate surface area is 123 Å². The van der Waals surface area contributed by atoms with Crippen molar-refractivity contribution >= 4 is 30.2 Å². The maximum absolute atomic E-state index is 14.2. The summed E-state index contributed by atoms with van der Waals surface area (Å²) in [7, 11) is -3.76. The Morgan fingerprint density at radius 1 is 1.17 bits per heavy atom. The minimum absolute atomic E-state index is 0.153. The molecule has 0 aliphatic carbocycles. The molecular weight excluding hydrogens is 371 g/mol. The van der Waals surface area contributed by atoms with Gasteiger partial charge in [-0.3, -0.25) is 9.46 Å². The Morgan fingerprint density at radius 2 is 1.61 bits per heavy atom. The second-order valence-electron chi connectivity index (χ2n) is 3.49. The zero-order valence-corrected chi connectivity index (χ0v) is 14.5. The Hall–Kier alpha value is 0.510. The van der Waals surface area contributed by atoms with Crippen molar-refractivity contribution in [3.05, 3.63) is 9.15 Å². The van der Waals surface area contributed by atoms with Crippen LogP contribution in [0.1, 0.15) is 27.7 Å². The maximum atomic E-state index is 14.2. The fourth-order valence-electron chi connectivity index (χ4n) is 1.35. The summed E-state index contributed by atoms with van der Waals surface area (Å²) in [4.78, 5) is 2.03. The third-order valence-corrected chi connectivity index (χ3v) is 5.51. The smallest absolute Gasteiger partial charge is 0.304 e. The Bertz CT molecular complexity index is 311. The number of nitrogens with zero attached hydrogens (tertiary/aromatic N) is 1. The van der Waals surface area contributed by atoms with Crippen LogP contribution in [-0.4, -0.2) is 37.7 Å². The summed E-state index contributed by atoms with van der Waals surface area (Å²) in [5.74, 6) is 0. The molecule has 0 aromatic rings. The van der Waals surface area contributed by atoms with Gasteiger partial charge in [-0.15, -0.1) is 0 Å².